The monoisotopic (exact) mass is 481 g/mol. The van der Waals surface area contributed by atoms with E-state index >= 15 is 0 Å². The second-order valence-corrected chi connectivity index (χ2v) is 9.39. The van der Waals surface area contributed by atoms with Crippen LogP contribution in [0.2, 0.25) is 10.2 Å². The average molecular weight is 482 g/mol. The van der Waals surface area contributed by atoms with Crippen molar-refractivity contribution >= 4 is 40.7 Å². The summed E-state index contributed by atoms with van der Waals surface area (Å²) in [6.07, 6.45) is 3.17. The summed E-state index contributed by atoms with van der Waals surface area (Å²) < 4.78 is 14.2. The van der Waals surface area contributed by atoms with Gasteiger partial charge >= 0.3 is 0 Å². The van der Waals surface area contributed by atoms with Gasteiger partial charge in [0, 0.05) is 48.8 Å². The predicted molar refractivity (Wildman–Crippen MR) is 129 cm³/mol. The molecule has 1 atom stereocenters. The summed E-state index contributed by atoms with van der Waals surface area (Å²) in [7, 11) is 0. The molecule has 174 valence electrons. The average Bonchev–Trinajstić information content (AvgIpc) is 2.78. The molecular weight excluding hydrogens is 452 g/mol. The molecule has 32 heavy (non-hydrogen) atoms. The van der Waals surface area contributed by atoms with E-state index in [9.17, 15) is 4.39 Å². The minimum Gasteiger partial charge on any atom is -0.381 e. The number of anilines is 3. The lowest BCUT2D eigenvalue weighted by Gasteiger charge is -2.47. The summed E-state index contributed by atoms with van der Waals surface area (Å²) in [5, 5.41) is 0.728. The predicted octanol–water partition coefficient (Wildman–Crippen LogP) is 3.65. The van der Waals surface area contributed by atoms with E-state index in [0.29, 0.717) is 40.2 Å². The number of nitrogen functional groups attached to an aromatic ring is 2. The fourth-order valence-corrected chi connectivity index (χ4v) is 5.25. The van der Waals surface area contributed by atoms with Crippen LogP contribution in [0, 0.1) is 5.82 Å². The van der Waals surface area contributed by atoms with E-state index in [1.54, 1.807) is 12.1 Å². The van der Waals surface area contributed by atoms with E-state index in [1.807, 2.05) is 0 Å². The van der Waals surface area contributed by atoms with Crippen LogP contribution in [0.4, 0.5) is 21.8 Å². The lowest BCUT2D eigenvalue weighted by atomic mass is 9.98. The summed E-state index contributed by atoms with van der Waals surface area (Å²) in [6.45, 7) is 7.30. The number of benzene rings is 1. The lowest BCUT2D eigenvalue weighted by Crippen LogP contribution is -2.58. The van der Waals surface area contributed by atoms with Crippen LogP contribution in [0.25, 0.3) is 0 Å². The van der Waals surface area contributed by atoms with Gasteiger partial charge in [-0.1, -0.05) is 36.2 Å². The Labute approximate surface area is 198 Å². The third-order valence-electron chi connectivity index (χ3n) is 6.63. The van der Waals surface area contributed by atoms with Gasteiger partial charge in [-0.15, -0.1) is 0 Å². The highest BCUT2D eigenvalue weighted by atomic mass is 35.5. The first kappa shape index (κ1) is 23.3. The molecule has 0 spiro atoms. The van der Waals surface area contributed by atoms with Crippen LogP contribution in [0.1, 0.15) is 31.7 Å². The molecule has 2 aromatic rings. The highest BCUT2D eigenvalue weighted by molar-refractivity contribution is 6.32. The molecule has 0 saturated carbocycles. The van der Waals surface area contributed by atoms with Gasteiger partial charge in [0.1, 0.15) is 5.82 Å². The minimum absolute atomic E-state index is 0.162. The fourth-order valence-electron chi connectivity index (χ4n) is 4.84. The van der Waals surface area contributed by atoms with Crippen LogP contribution in [0.5, 0.6) is 0 Å². The molecule has 0 radical (unpaired) electrons. The topological polar surface area (TPSA) is 87.5 Å². The molecule has 2 aliphatic rings. The Morgan fingerprint density at radius 2 is 1.78 bits per heavy atom. The SMILES string of the molecule is CCC1CN(c2nc(N)c(N)nc2Cl)CCN1C1CCN(Cc2ccc(Cl)cc2F)CC1. The Hall–Kier alpha value is -1.87. The molecule has 1 unspecified atom stereocenters. The molecule has 7 nitrogen and oxygen atoms in total. The number of nitrogens with two attached hydrogens (primary N) is 2. The summed E-state index contributed by atoms with van der Waals surface area (Å²) in [6, 6.07) is 5.84. The highest BCUT2D eigenvalue weighted by Crippen LogP contribution is 2.30. The Morgan fingerprint density at radius 1 is 1.06 bits per heavy atom. The summed E-state index contributed by atoms with van der Waals surface area (Å²) >= 11 is 12.2. The quantitative estimate of drug-likeness (QED) is 0.673. The lowest BCUT2D eigenvalue weighted by molar-refractivity contribution is 0.0607. The number of nitrogens with zero attached hydrogens (tertiary/aromatic N) is 5. The smallest absolute Gasteiger partial charge is 0.174 e. The Morgan fingerprint density at radius 3 is 2.47 bits per heavy atom. The molecule has 2 fully saturated rings. The highest BCUT2D eigenvalue weighted by Gasteiger charge is 2.34. The van der Waals surface area contributed by atoms with Gasteiger partial charge in [0.15, 0.2) is 22.6 Å². The van der Waals surface area contributed by atoms with Crippen molar-refractivity contribution in [2.45, 2.75) is 44.8 Å². The van der Waals surface area contributed by atoms with E-state index in [2.05, 4.69) is 31.6 Å². The van der Waals surface area contributed by atoms with Crippen molar-refractivity contribution in [1.29, 1.82) is 0 Å². The van der Waals surface area contributed by atoms with E-state index in [0.717, 1.165) is 52.0 Å². The molecule has 3 heterocycles. The second kappa shape index (κ2) is 9.95. The van der Waals surface area contributed by atoms with Crippen LogP contribution in [0.15, 0.2) is 18.2 Å². The van der Waals surface area contributed by atoms with Gasteiger partial charge in [-0.25, -0.2) is 14.4 Å². The first-order chi connectivity index (χ1) is 15.4. The molecule has 2 saturated heterocycles. The molecule has 2 aliphatic heterocycles. The maximum Gasteiger partial charge on any atom is 0.174 e. The van der Waals surface area contributed by atoms with Crippen LogP contribution < -0.4 is 16.4 Å². The van der Waals surface area contributed by atoms with Gasteiger partial charge in [-0.3, -0.25) is 9.80 Å². The van der Waals surface area contributed by atoms with Crippen molar-refractivity contribution in [3.8, 4) is 0 Å². The number of likely N-dealkylation sites (tertiary alicyclic amines) is 1. The molecule has 1 aromatic heterocycles. The molecule has 10 heteroatoms. The molecule has 0 bridgehead atoms. The fraction of sp³-hybridized carbons (Fsp3) is 0.545. The zero-order valence-electron chi connectivity index (χ0n) is 18.3. The van der Waals surface area contributed by atoms with Crippen molar-refractivity contribution in [3.05, 3.63) is 39.8 Å². The van der Waals surface area contributed by atoms with Crippen LogP contribution in [-0.4, -0.2) is 64.6 Å². The third-order valence-corrected chi connectivity index (χ3v) is 7.11. The Balaban J connectivity index is 1.35. The van der Waals surface area contributed by atoms with Gasteiger partial charge in [-0.05, 0) is 44.5 Å². The van der Waals surface area contributed by atoms with Gasteiger partial charge < -0.3 is 16.4 Å². The van der Waals surface area contributed by atoms with Gasteiger partial charge in [0.05, 0.1) is 0 Å². The first-order valence-corrected chi connectivity index (χ1v) is 11.9. The van der Waals surface area contributed by atoms with Gasteiger partial charge in [0.2, 0.25) is 0 Å². The van der Waals surface area contributed by atoms with E-state index in [4.69, 9.17) is 34.7 Å². The first-order valence-electron chi connectivity index (χ1n) is 11.1. The van der Waals surface area contributed by atoms with Crippen LogP contribution in [-0.2, 0) is 6.54 Å². The number of aromatic nitrogens is 2. The van der Waals surface area contributed by atoms with Gasteiger partial charge in [0.25, 0.3) is 0 Å². The molecule has 1 aromatic carbocycles. The zero-order valence-corrected chi connectivity index (χ0v) is 19.8. The number of halogens is 3. The summed E-state index contributed by atoms with van der Waals surface area (Å²) in [5.74, 6) is 0.752. The summed E-state index contributed by atoms with van der Waals surface area (Å²) in [4.78, 5) is 15.6. The largest absolute Gasteiger partial charge is 0.381 e. The van der Waals surface area contributed by atoms with Crippen LogP contribution in [0.3, 0.4) is 0 Å². The number of hydrogen-bond donors (Lipinski definition) is 2. The molecule has 0 amide bonds. The van der Waals surface area contributed by atoms with Crippen molar-refractivity contribution in [2.24, 2.45) is 0 Å². The van der Waals surface area contributed by atoms with Crippen LogP contribution >= 0.6 is 23.2 Å². The molecular formula is C22H30Cl2FN7. The number of piperidine rings is 1. The second-order valence-electron chi connectivity index (χ2n) is 8.60. The molecule has 4 rings (SSSR count). The molecule has 0 aliphatic carbocycles. The van der Waals surface area contributed by atoms with E-state index < -0.39 is 0 Å². The minimum atomic E-state index is -0.230. The normalized spacial score (nSPS) is 21.2. The maximum atomic E-state index is 14.2. The van der Waals surface area contributed by atoms with E-state index in [-0.39, 0.29) is 17.5 Å². The van der Waals surface area contributed by atoms with Gasteiger partial charge in [-0.2, -0.15) is 0 Å². The van der Waals surface area contributed by atoms with Crippen molar-refractivity contribution in [1.82, 2.24) is 19.8 Å². The molecule has 4 N–H and O–H groups in total. The number of hydrogen-bond acceptors (Lipinski definition) is 7. The number of rotatable bonds is 5. The summed E-state index contributed by atoms with van der Waals surface area (Å²) in [5.41, 5.74) is 12.3. The van der Waals surface area contributed by atoms with Crippen molar-refractivity contribution < 1.29 is 4.39 Å². The Kier molecular flexibility index (Phi) is 7.24. The van der Waals surface area contributed by atoms with Crippen molar-refractivity contribution in [2.75, 3.05) is 49.1 Å². The standard InChI is InChI=1S/C22H30Cl2FN7/c1-2-16-13-31(22-19(24)28-20(26)21(27)29-22)9-10-32(16)17-5-7-30(8-6-17)12-14-3-4-15(23)11-18(14)25/h3-4,11,16-17H,2,5-10,12-13H2,1H3,(H2,26,28)(H2,27,29). The third kappa shape index (κ3) is 5.03. The van der Waals surface area contributed by atoms with E-state index in [1.165, 1.54) is 6.07 Å². The number of piperazine rings is 1. The zero-order chi connectivity index (χ0) is 22.8. The van der Waals surface area contributed by atoms with Crippen molar-refractivity contribution in [3.63, 3.8) is 0 Å². The maximum absolute atomic E-state index is 14.2. The Bertz CT molecular complexity index is 952.